The van der Waals surface area contributed by atoms with Crippen LogP contribution in [-0.2, 0) is 9.53 Å². The number of rotatable bonds is 2. The van der Waals surface area contributed by atoms with E-state index in [4.69, 9.17) is 10.5 Å². The van der Waals surface area contributed by atoms with Gasteiger partial charge in [0.2, 0.25) is 5.91 Å². The molecule has 4 heteroatoms. The molecule has 3 fully saturated rings. The van der Waals surface area contributed by atoms with E-state index in [1.165, 1.54) is 38.5 Å². The number of carbonyl (C=O) groups is 1. The van der Waals surface area contributed by atoms with Gasteiger partial charge in [-0.15, -0.1) is 0 Å². The van der Waals surface area contributed by atoms with Gasteiger partial charge in [0, 0.05) is 18.6 Å². The first-order valence-corrected chi connectivity index (χ1v) is 7.91. The van der Waals surface area contributed by atoms with Crippen molar-refractivity contribution < 1.29 is 9.53 Å². The predicted octanol–water partition coefficient (Wildman–Crippen LogP) is 1.53. The normalized spacial score (nSPS) is 36.9. The second kappa shape index (κ2) is 5.80. The molecule has 19 heavy (non-hydrogen) atoms. The fourth-order valence-electron chi connectivity index (χ4n) is 4.11. The summed E-state index contributed by atoms with van der Waals surface area (Å²) in [7, 11) is 0. The summed E-state index contributed by atoms with van der Waals surface area (Å²) in [6.07, 6.45) is 9.03. The maximum Gasteiger partial charge on any atom is 0.229 e. The average molecular weight is 266 g/mol. The maximum absolute atomic E-state index is 12.7. The Kier molecular flexibility index (Phi) is 4.08. The zero-order valence-electron chi connectivity index (χ0n) is 11.7. The Morgan fingerprint density at radius 3 is 2.53 bits per heavy atom. The fourth-order valence-corrected chi connectivity index (χ4v) is 4.11. The first-order valence-electron chi connectivity index (χ1n) is 7.91. The molecule has 2 aliphatic heterocycles. The molecule has 2 N–H and O–H groups in total. The lowest BCUT2D eigenvalue weighted by Gasteiger charge is -2.35. The van der Waals surface area contributed by atoms with Gasteiger partial charge < -0.3 is 15.4 Å². The van der Waals surface area contributed by atoms with Gasteiger partial charge in [0.05, 0.1) is 19.1 Å². The van der Waals surface area contributed by atoms with E-state index >= 15 is 0 Å². The molecule has 3 rings (SSSR count). The van der Waals surface area contributed by atoms with Crippen LogP contribution >= 0.6 is 0 Å². The van der Waals surface area contributed by atoms with E-state index in [0.717, 1.165) is 18.9 Å². The van der Waals surface area contributed by atoms with Gasteiger partial charge in [0.15, 0.2) is 0 Å². The number of likely N-dealkylation sites (tertiary alicyclic amines) is 1. The summed E-state index contributed by atoms with van der Waals surface area (Å²) < 4.78 is 5.36. The Bertz CT molecular complexity index is 328. The van der Waals surface area contributed by atoms with Crippen LogP contribution in [0.25, 0.3) is 0 Å². The van der Waals surface area contributed by atoms with Crippen LogP contribution in [0, 0.1) is 11.8 Å². The first-order chi connectivity index (χ1) is 9.27. The van der Waals surface area contributed by atoms with Gasteiger partial charge >= 0.3 is 0 Å². The fraction of sp³-hybridized carbons (Fsp3) is 0.933. The summed E-state index contributed by atoms with van der Waals surface area (Å²) in [4.78, 5) is 14.8. The number of nitrogens with two attached hydrogens (primary N) is 1. The van der Waals surface area contributed by atoms with Crippen LogP contribution < -0.4 is 5.73 Å². The molecule has 1 aliphatic carbocycles. The van der Waals surface area contributed by atoms with E-state index in [2.05, 4.69) is 4.90 Å². The highest BCUT2D eigenvalue weighted by atomic mass is 16.5. The maximum atomic E-state index is 12.7. The van der Waals surface area contributed by atoms with Crippen molar-refractivity contribution in [3.8, 4) is 0 Å². The highest BCUT2D eigenvalue weighted by Crippen LogP contribution is 2.35. The smallest absolute Gasteiger partial charge is 0.229 e. The summed E-state index contributed by atoms with van der Waals surface area (Å²) in [5, 5.41) is 0. The minimum Gasteiger partial charge on any atom is -0.379 e. The monoisotopic (exact) mass is 266 g/mol. The lowest BCUT2D eigenvalue weighted by atomic mass is 9.82. The van der Waals surface area contributed by atoms with Crippen molar-refractivity contribution in [3.63, 3.8) is 0 Å². The molecule has 0 aromatic carbocycles. The van der Waals surface area contributed by atoms with Gasteiger partial charge in [0.1, 0.15) is 0 Å². The Morgan fingerprint density at radius 1 is 1.05 bits per heavy atom. The summed E-state index contributed by atoms with van der Waals surface area (Å²) in [5.41, 5.74) is 6.00. The number of amides is 1. The van der Waals surface area contributed by atoms with Crippen molar-refractivity contribution in [2.24, 2.45) is 17.6 Å². The van der Waals surface area contributed by atoms with Crippen molar-refractivity contribution in [2.75, 3.05) is 19.8 Å². The summed E-state index contributed by atoms with van der Waals surface area (Å²) in [5.74, 6) is 0.904. The molecule has 0 radical (unpaired) electrons. The van der Waals surface area contributed by atoms with Crippen LogP contribution in [-0.4, -0.2) is 42.6 Å². The molecule has 2 heterocycles. The molecular formula is C15H26N2O2. The standard InChI is InChI=1S/C15H26N2O2/c16-13-10-19-9-12(13)15(18)17-8-4-7-14(17)11-5-2-1-3-6-11/h11-14H,1-10,16H2. The van der Waals surface area contributed by atoms with E-state index in [1.807, 2.05) is 0 Å². The molecule has 1 amide bonds. The van der Waals surface area contributed by atoms with Crippen molar-refractivity contribution in [1.29, 1.82) is 0 Å². The number of ether oxygens (including phenoxy) is 1. The molecule has 0 aromatic heterocycles. The molecule has 2 saturated heterocycles. The third kappa shape index (κ3) is 2.65. The molecule has 0 spiro atoms. The quantitative estimate of drug-likeness (QED) is 0.824. The lowest BCUT2D eigenvalue weighted by molar-refractivity contribution is -0.137. The van der Waals surface area contributed by atoms with Gasteiger partial charge in [-0.25, -0.2) is 0 Å². The van der Waals surface area contributed by atoms with Crippen LogP contribution in [0.2, 0.25) is 0 Å². The van der Waals surface area contributed by atoms with Crippen LogP contribution in [0.5, 0.6) is 0 Å². The van der Waals surface area contributed by atoms with Crippen molar-refractivity contribution >= 4 is 5.91 Å². The summed E-state index contributed by atoms with van der Waals surface area (Å²) in [6.45, 7) is 2.00. The minimum atomic E-state index is -0.0971. The van der Waals surface area contributed by atoms with Crippen molar-refractivity contribution in [1.82, 2.24) is 4.90 Å². The molecule has 3 atom stereocenters. The molecule has 0 bridgehead atoms. The molecule has 108 valence electrons. The minimum absolute atomic E-state index is 0.0933. The Balaban J connectivity index is 1.66. The summed E-state index contributed by atoms with van der Waals surface area (Å²) in [6, 6.07) is 0.390. The van der Waals surface area contributed by atoms with Crippen LogP contribution in [0.1, 0.15) is 44.9 Å². The molecule has 1 saturated carbocycles. The first kappa shape index (κ1) is 13.4. The topological polar surface area (TPSA) is 55.6 Å². The summed E-state index contributed by atoms with van der Waals surface area (Å²) >= 11 is 0. The second-order valence-electron chi connectivity index (χ2n) is 6.45. The molecule has 0 aromatic rings. The number of hydrogen-bond acceptors (Lipinski definition) is 3. The number of nitrogens with zero attached hydrogens (tertiary/aromatic N) is 1. The van der Waals surface area contributed by atoms with E-state index < -0.39 is 0 Å². The van der Waals surface area contributed by atoms with Crippen molar-refractivity contribution in [2.45, 2.75) is 57.0 Å². The Morgan fingerprint density at radius 2 is 1.84 bits per heavy atom. The largest absolute Gasteiger partial charge is 0.379 e. The van der Waals surface area contributed by atoms with Gasteiger partial charge in [-0.05, 0) is 31.6 Å². The van der Waals surface area contributed by atoms with Crippen LogP contribution in [0.15, 0.2) is 0 Å². The van der Waals surface area contributed by atoms with E-state index in [9.17, 15) is 4.79 Å². The second-order valence-corrected chi connectivity index (χ2v) is 6.45. The Labute approximate surface area is 115 Å². The van der Waals surface area contributed by atoms with Gasteiger partial charge in [-0.2, -0.15) is 0 Å². The van der Waals surface area contributed by atoms with E-state index in [1.54, 1.807) is 0 Å². The molecule has 3 unspecified atom stereocenters. The highest BCUT2D eigenvalue weighted by molar-refractivity contribution is 5.80. The van der Waals surface area contributed by atoms with Gasteiger partial charge in [0.25, 0.3) is 0 Å². The van der Waals surface area contributed by atoms with E-state index in [-0.39, 0.29) is 17.9 Å². The third-order valence-corrected chi connectivity index (χ3v) is 5.22. The number of carbonyl (C=O) groups excluding carboxylic acids is 1. The van der Waals surface area contributed by atoms with Gasteiger partial charge in [-0.3, -0.25) is 4.79 Å². The zero-order chi connectivity index (χ0) is 13.2. The predicted molar refractivity (Wildman–Crippen MR) is 73.6 cm³/mol. The molecule has 4 nitrogen and oxygen atoms in total. The lowest BCUT2D eigenvalue weighted by Crippen LogP contribution is -2.47. The van der Waals surface area contributed by atoms with Gasteiger partial charge in [-0.1, -0.05) is 19.3 Å². The van der Waals surface area contributed by atoms with Crippen molar-refractivity contribution in [3.05, 3.63) is 0 Å². The highest BCUT2D eigenvalue weighted by Gasteiger charge is 2.41. The SMILES string of the molecule is NC1COCC1C(=O)N1CCCC1C1CCCCC1. The molecular weight excluding hydrogens is 240 g/mol. The van der Waals surface area contributed by atoms with Crippen LogP contribution in [0.3, 0.4) is 0 Å². The average Bonchev–Trinajstić information content (AvgIpc) is 3.07. The third-order valence-electron chi connectivity index (χ3n) is 5.22. The zero-order valence-corrected chi connectivity index (χ0v) is 11.7. The van der Waals surface area contributed by atoms with Crippen LogP contribution in [0.4, 0.5) is 0 Å². The Hall–Kier alpha value is -0.610. The molecule has 3 aliphatic rings. The van der Waals surface area contributed by atoms with E-state index in [0.29, 0.717) is 19.3 Å². The number of hydrogen-bond donors (Lipinski definition) is 1.